The predicted octanol–water partition coefficient (Wildman–Crippen LogP) is 12.9. The molecule has 0 spiro atoms. The van der Waals surface area contributed by atoms with Gasteiger partial charge < -0.3 is 20.1 Å². The first-order valence-electron chi connectivity index (χ1n) is 23.0. The fraction of sp³-hybridized carbons (Fsp3) is 0.826. The van der Waals surface area contributed by atoms with Crippen LogP contribution in [0.15, 0.2) is 36.5 Å². The van der Waals surface area contributed by atoms with Crippen molar-refractivity contribution >= 4 is 19.7 Å². The third kappa shape index (κ3) is 43.4. The van der Waals surface area contributed by atoms with Crippen molar-refractivity contribution in [2.75, 3.05) is 26.4 Å². The summed E-state index contributed by atoms with van der Waals surface area (Å²) in [5.41, 5.74) is 0. The number of ether oxygens (including phenoxy) is 1. The van der Waals surface area contributed by atoms with Gasteiger partial charge in [-0.3, -0.25) is 18.6 Å². The Kier molecular flexibility index (Phi) is 41.5. The summed E-state index contributed by atoms with van der Waals surface area (Å²) in [6.07, 6.45) is 48.1. The molecule has 0 aliphatic carbocycles. The molecule has 0 saturated heterocycles. The topological polar surface area (TPSA) is 131 Å². The first kappa shape index (κ1) is 54.2. The number of unbranched alkanes of at least 4 members (excludes halogenated alkanes) is 24. The Morgan fingerprint density at radius 2 is 1.02 bits per heavy atom. The molecule has 0 aliphatic heterocycles. The van der Waals surface area contributed by atoms with E-state index in [1.54, 1.807) is 0 Å². The zero-order valence-electron chi connectivity index (χ0n) is 36.1. The molecule has 328 valence electrons. The Labute approximate surface area is 343 Å². The molecule has 0 bridgehead atoms. The van der Waals surface area contributed by atoms with Gasteiger partial charge in [0, 0.05) is 19.4 Å². The molecule has 0 saturated carbocycles. The summed E-state index contributed by atoms with van der Waals surface area (Å²) in [6.45, 7) is 3.42. The zero-order chi connectivity index (χ0) is 41.1. The molecule has 0 fully saturated rings. The Balaban J connectivity index is 3.56. The SMILES string of the molecule is CC/C=C\C/C=C\C/C=C\CCCCCC(=O)NCCOP(=O)(O)OCC(O)COC(=O)CCCCCCCCCCCCCCCCCCCCCCCC. The smallest absolute Gasteiger partial charge is 0.463 e. The highest BCUT2D eigenvalue weighted by molar-refractivity contribution is 7.47. The molecular weight excluding hydrogens is 725 g/mol. The molecule has 0 aromatic carbocycles. The number of hydrogen-bond donors (Lipinski definition) is 3. The average Bonchev–Trinajstić information content (AvgIpc) is 3.18. The van der Waals surface area contributed by atoms with Crippen LogP contribution in [-0.2, 0) is 27.9 Å². The maximum atomic E-state index is 12.1. The van der Waals surface area contributed by atoms with E-state index in [1.165, 1.54) is 122 Å². The van der Waals surface area contributed by atoms with Gasteiger partial charge >= 0.3 is 13.8 Å². The summed E-state index contributed by atoms with van der Waals surface area (Å²) in [5.74, 6) is -0.541. The predicted molar refractivity (Wildman–Crippen MR) is 234 cm³/mol. The van der Waals surface area contributed by atoms with Crippen LogP contribution in [0.25, 0.3) is 0 Å². The van der Waals surface area contributed by atoms with Crippen molar-refractivity contribution in [2.24, 2.45) is 0 Å². The number of amides is 1. The van der Waals surface area contributed by atoms with Gasteiger partial charge in [0.1, 0.15) is 12.7 Å². The number of aliphatic hydroxyl groups is 1. The van der Waals surface area contributed by atoms with E-state index in [1.807, 2.05) is 0 Å². The van der Waals surface area contributed by atoms with E-state index in [9.17, 15) is 24.2 Å². The molecule has 0 rings (SSSR count). The molecular formula is C46H86NO8P. The number of phosphoric acid groups is 1. The summed E-state index contributed by atoms with van der Waals surface area (Å²) in [6, 6.07) is 0. The highest BCUT2D eigenvalue weighted by atomic mass is 31.2. The minimum Gasteiger partial charge on any atom is -0.463 e. The lowest BCUT2D eigenvalue weighted by molar-refractivity contribution is -0.147. The van der Waals surface area contributed by atoms with Crippen LogP contribution in [0, 0.1) is 0 Å². The molecule has 2 atom stereocenters. The molecule has 0 aromatic heterocycles. The molecule has 2 unspecified atom stereocenters. The molecule has 0 aliphatic rings. The number of nitrogens with one attached hydrogen (secondary N) is 1. The maximum Gasteiger partial charge on any atom is 0.472 e. The molecule has 0 heterocycles. The molecule has 10 heteroatoms. The second-order valence-electron chi connectivity index (χ2n) is 15.4. The van der Waals surface area contributed by atoms with Crippen LogP contribution in [0.5, 0.6) is 0 Å². The number of carbonyl (C=O) groups is 2. The largest absolute Gasteiger partial charge is 0.472 e. The van der Waals surface area contributed by atoms with E-state index in [2.05, 4.69) is 55.6 Å². The van der Waals surface area contributed by atoms with E-state index in [0.29, 0.717) is 6.42 Å². The van der Waals surface area contributed by atoms with Crippen LogP contribution in [0.4, 0.5) is 0 Å². The maximum absolute atomic E-state index is 12.1. The summed E-state index contributed by atoms with van der Waals surface area (Å²) in [7, 11) is -4.42. The number of aliphatic hydroxyl groups excluding tert-OH is 1. The van der Waals surface area contributed by atoms with Crippen molar-refractivity contribution in [3.8, 4) is 0 Å². The van der Waals surface area contributed by atoms with E-state index < -0.39 is 26.5 Å². The molecule has 0 aromatic rings. The van der Waals surface area contributed by atoms with Gasteiger partial charge in [-0.15, -0.1) is 0 Å². The molecule has 0 radical (unpaired) electrons. The van der Waals surface area contributed by atoms with Crippen molar-refractivity contribution < 1.29 is 37.9 Å². The first-order valence-corrected chi connectivity index (χ1v) is 24.5. The second-order valence-corrected chi connectivity index (χ2v) is 16.8. The summed E-state index contributed by atoms with van der Waals surface area (Å²) in [5, 5.41) is 12.7. The van der Waals surface area contributed by atoms with E-state index in [4.69, 9.17) is 13.8 Å². The van der Waals surface area contributed by atoms with Gasteiger partial charge in [-0.25, -0.2) is 4.57 Å². The Bertz CT molecular complexity index is 1020. The van der Waals surface area contributed by atoms with Crippen LogP contribution in [0.3, 0.4) is 0 Å². The third-order valence-corrected chi connectivity index (χ3v) is 10.8. The van der Waals surface area contributed by atoms with Gasteiger partial charge in [-0.2, -0.15) is 0 Å². The Morgan fingerprint density at radius 3 is 1.54 bits per heavy atom. The van der Waals surface area contributed by atoms with Crippen molar-refractivity contribution in [1.82, 2.24) is 5.32 Å². The zero-order valence-corrected chi connectivity index (χ0v) is 37.0. The van der Waals surface area contributed by atoms with Crippen molar-refractivity contribution in [3.63, 3.8) is 0 Å². The van der Waals surface area contributed by atoms with Crippen molar-refractivity contribution in [1.29, 1.82) is 0 Å². The number of carbonyl (C=O) groups excluding carboxylic acids is 2. The van der Waals surface area contributed by atoms with E-state index in [-0.39, 0.29) is 32.1 Å². The van der Waals surface area contributed by atoms with Crippen LogP contribution < -0.4 is 5.32 Å². The van der Waals surface area contributed by atoms with Gasteiger partial charge in [0.25, 0.3) is 0 Å². The normalized spacial score (nSPS) is 13.6. The van der Waals surface area contributed by atoms with Gasteiger partial charge in [0.05, 0.1) is 13.2 Å². The van der Waals surface area contributed by atoms with Crippen LogP contribution in [0.1, 0.15) is 213 Å². The summed E-state index contributed by atoms with van der Waals surface area (Å²) in [4.78, 5) is 33.9. The van der Waals surface area contributed by atoms with Gasteiger partial charge in [0.15, 0.2) is 0 Å². The first-order chi connectivity index (χ1) is 27.3. The number of phosphoric ester groups is 1. The van der Waals surface area contributed by atoms with Crippen LogP contribution in [-0.4, -0.2) is 54.3 Å². The Hall–Kier alpha value is -1.77. The number of rotatable bonds is 43. The number of hydrogen-bond acceptors (Lipinski definition) is 7. The fourth-order valence-corrected chi connectivity index (χ4v) is 7.15. The monoisotopic (exact) mass is 812 g/mol. The van der Waals surface area contributed by atoms with Gasteiger partial charge in [-0.05, 0) is 44.9 Å². The van der Waals surface area contributed by atoms with E-state index >= 15 is 0 Å². The van der Waals surface area contributed by atoms with E-state index in [0.717, 1.165) is 64.2 Å². The quantitative estimate of drug-likeness (QED) is 0.0240. The minimum atomic E-state index is -4.42. The highest BCUT2D eigenvalue weighted by Crippen LogP contribution is 2.42. The van der Waals surface area contributed by atoms with Crippen molar-refractivity contribution in [3.05, 3.63) is 36.5 Å². The Morgan fingerprint density at radius 1 is 0.571 bits per heavy atom. The molecule has 1 amide bonds. The second kappa shape index (κ2) is 42.8. The van der Waals surface area contributed by atoms with Crippen LogP contribution in [0.2, 0.25) is 0 Å². The minimum absolute atomic E-state index is 0.0664. The standard InChI is InChI=1S/C46H86NO8P/c1-3-5-7-9-11-13-15-17-18-19-20-21-22-23-24-25-27-29-31-33-35-37-39-46(50)53-42-44(48)43-55-56(51,52)54-41-40-47-45(49)38-36-34-32-30-28-26-16-14-12-10-8-6-4-2/h6,8,12,14,26,28,44,48H,3-5,7,9-11,13,15-25,27,29-43H2,1-2H3,(H,47,49)(H,51,52)/b8-6-,14-12-,28-26-. The highest BCUT2D eigenvalue weighted by Gasteiger charge is 2.23. The van der Waals surface area contributed by atoms with Gasteiger partial charge in [-0.1, -0.05) is 192 Å². The van der Waals surface area contributed by atoms with Crippen molar-refractivity contribution in [2.45, 2.75) is 219 Å². The van der Waals surface area contributed by atoms with Crippen LogP contribution >= 0.6 is 7.82 Å². The molecule has 56 heavy (non-hydrogen) atoms. The molecule has 9 nitrogen and oxygen atoms in total. The summed E-state index contributed by atoms with van der Waals surface area (Å²) >= 11 is 0. The summed E-state index contributed by atoms with van der Waals surface area (Å²) < 4.78 is 26.9. The molecule has 3 N–H and O–H groups in total. The lowest BCUT2D eigenvalue weighted by Gasteiger charge is -2.15. The lowest BCUT2D eigenvalue weighted by Crippen LogP contribution is -2.27. The average molecular weight is 812 g/mol. The number of allylic oxidation sites excluding steroid dienone is 6. The third-order valence-electron chi connectivity index (χ3n) is 9.83. The van der Waals surface area contributed by atoms with Gasteiger partial charge in [0.2, 0.25) is 5.91 Å². The lowest BCUT2D eigenvalue weighted by atomic mass is 10.0. The number of esters is 1. The fourth-order valence-electron chi connectivity index (χ4n) is 6.40.